The van der Waals surface area contributed by atoms with Crippen LogP contribution >= 0.6 is 34.8 Å². The zero-order chi connectivity index (χ0) is 15.6. The minimum atomic E-state index is -1.44. The van der Waals surface area contributed by atoms with Gasteiger partial charge in [-0.2, -0.15) is 0 Å². The summed E-state index contributed by atoms with van der Waals surface area (Å²) in [4.78, 5) is 11.8. The number of carbonyl (C=O) groups is 1. The van der Waals surface area contributed by atoms with Crippen molar-refractivity contribution >= 4 is 46.5 Å². The third kappa shape index (κ3) is 3.26. The van der Waals surface area contributed by atoms with Gasteiger partial charge in [0.1, 0.15) is 0 Å². The molecule has 0 aromatic heterocycles. The van der Waals surface area contributed by atoms with Crippen LogP contribution in [0.5, 0.6) is 0 Å². The molecule has 2 N–H and O–H groups in total. The standard InChI is InChI=1S/C15H12Cl3NO2/c1-15(14(20)21,11-6-3-7-12(17)13(11)18)19-10-5-2-4-9(16)8-10/h2-8,19H,1H3,(H,20,21). The van der Waals surface area contributed by atoms with Crippen molar-refractivity contribution in [3.63, 3.8) is 0 Å². The van der Waals surface area contributed by atoms with Crippen LogP contribution < -0.4 is 5.32 Å². The molecule has 0 amide bonds. The zero-order valence-electron chi connectivity index (χ0n) is 11.0. The Labute approximate surface area is 137 Å². The average Bonchev–Trinajstić information content (AvgIpc) is 2.41. The van der Waals surface area contributed by atoms with E-state index < -0.39 is 11.5 Å². The lowest BCUT2D eigenvalue weighted by Gasteiger charge is -2.29. The van der Waals surface area contributed by atoms with Crippen LogP contribution in [-0.4, -0.2) is 11.1 Å². The summed E-state index contributed by atoms with van der Waals surface area (Å²) in [6.07, 6.45) is 0. The predicted molar refractivity (Wildman–Crippen MR) is 86.5 cm³/mol. The predicted octanol–water partition coefficient (Wildman–Crippen LogP) is 5.06. The molecule has 0 radical (unpaired) electrons. The first-order valence-electron chi connectivity index (χ1n) is 6.06. The topological polar surface area (TPSA) is 49.3 Å². The van der Waals surface area contributed by atoms with Crippen molar-refractivity contribution in [1.82, 2.24) is 0 Å². The summed E-state index contributed by atoms with van der Waals surface area (Å²) in [6, 6.07) is 11.7. The molecular weight excluding hydrogens is 333 g/mol. The van der Waals surface area contributed by atoms with Crippen molar-refractivity contribution in [3.05, 3.63) is 63.1 Å². The number of halogens is 3. The molecule has 0 spiro atoms. The highest BCUT2D eigenvalue weighted by Crippen LogP contribution is 2.36. The Hall–Kier alpha value is -1.42. The summed E-state index contributed by atoms with van der Waals surface area (Å²) in [5.74, 6) is -1.08. The number of hydrogen-bond acceptors (Lipinski definition) is 2. The van der Waals surface area contributed by atoms with Crippen molar-refractivity contribution < 1.29 is 9.90 Å². The highest BCUT2D eigenvalue weighted by molar-refractivity contribution is 6.42. The van der Waals surface area contributed by atoms with E-state index in [4.69, 9.17) is 34.8 Å². The maximum atomic E-state index is 11.8. The van der Waals surface area contributed by atoms with Gasteiger partial charge in [0.05, 0.1) is 10.0 Å². The highest BCUT2D eigenvalue weighted by atomic mass is 35.5. The zero-order valence-corrected chi connectivity index (χ0v) is 13.3. The number of benzene rings is 2. The fourth-order valence-corrected chi connectivity index (χ4v) is 2.66. The Morgan fingerprint density at radius 1 is 1.14 bits per heavy atom. The summed E-state index contributed by atoms with van der Waals surface area (Å²) in [6.45, 7) is 1.52. The second-order valence-electron chi connectivity index (χ2n) is 4.67. The fourth-order valence-electron chi connectivity index (χ4n) is 1.98. The molecule has 0 saturated carbocycles. The summed E-state index contributed by atoms with van der Waals surface area (Å²) in [5, 5.41) is 13.6. The second kappa shape index (κ2) is 6.14. The van der Waals surface area contributed by atoms with Crippen LogP contribution in [0, 0.1) is 0 Å². The molecule has 2 aromatic rings. The highest BCUT2D eigenvalue weighted by Gasteiger charge is 2.37. The molecule has 1 unspecified atom stereocenters. The van der Waals surface area contributed by atoms with Crippen molar-refractivity contribution in [1.29, 1.82) is 0 Å². The van der Waals surface area contributed by atoms with Gasteiger partial charge in [-0.3, -0.25) is 0 Å². The van der Waals surface area contributed by atoms with E-state index in [0.29, 0.717) is 21.3 Å². The maximum absolute atomic E-state index is 11.8. The van der Waals surface area contributed by atoms with Gasteiger partial charge in [-0.05, 0) is 31.2 Å². The number of rotatable bonds is 4. The quantitative estimate of drug-likeness (QED) is 0.815. The first-order chi connectivity index (χ1) is 9.84. The number of aliphatic carboxylic acids is 1. The maximum Gasteiger partial charge on any atom is 0.333 e. The third-order valence-corrected chi connectivity index (χ3v) is 4.19. The Bertz CT molecular complexity index is 690. The normalized spacial score (nSPS) is 13.5. The van der Waals surface area contributed by atoms with Gasteiger partial charge in [-0.1, -0.05) is 53.0 Å². The molecule has 2 rings (SSSR count). The van der Waals surface area contributed by atoms with Crippen LogP contribution in [0.25, 0.3) is 0 Å². The van der Waals surface area contributed by atoms with Crippen molar-refractivity contribution in [3.8, 4) is 0 Å². The third-order valence-electron chi connectivity index (χ3n) is 3.14. The summed E-state index contributed by atoms with van der Waals surface area (Å²) in [5.41, 5.74) is -0.486. The molecule has 0 heterocycles. The molecule has 3 nitrogen and oxygen atoms in total. The Morgan fingerprint density at radius 3 is 2.43 bits per heavy atom. The molecule has 1 atom stereocenters. The lowest BCUT2D eigenvalue weighted by Crippen LogP contribution is -2.40. The molecular formula is C15H12Cl3NO2. The fraction of sp³-hybridized carbons (Fsp3) is 0.133. The van der Waals surface area contributed by atoms with Crippen LogP contribution in [0.2, 0.25) is 15.1 Å². The van der Waals surface area contributed by atoms with E-state index in [0.717, 1.165) is 0 Å². The molecule has 0 aliphatic rings. The lowest BCUT2D eigenvalue weighted by atomic mass is 9.91. The van der Waals surface area contributed by atoms with Crippen LogP contribution in [0.15, 0.2) is 42.5 Å². The number of hydrogen-bond donors (Lipinski definition) is 2. The summed E-state index contributed by atoms with van der Waals surface area (Å²) < 4.78 is 0. The lowest BCUT2D eigenvalue weighted by molar-refractivity contribution is -0.142. The SMILES string of the molecule is CC(Nc1cccc(Cl)c1)(C(=O)O)c1cccc(Cl)c1Cl. The summed E-state index contributed by atoms with van der Waals surface area (Å²) >= 11 is 18.1. The minimum Gasteiger partial charge on any atom is -0.479 e. The van der Waals surface area contributed by atoms with E-state index in [1.54, 1.807) is 42.5 Å². The molecule has 0 aliphatic carbocycles. The van der Waals surface area contributed by atoms with Crippen molar-refractivity contribution in [2.45, 2.75) is 12.5 Å². The monoisotopic (exact) mass is 343 g/mol. The van der Waals surface area contributed by atoms with Gasteiger partial charge in [0.15, 0.2) is 5.54 Å². The number of nitrogens with one attached hydrogen (secondary N) is 1. The van der Waals surface area contributed by atoms with E-state index in [-0.39, 0.29) is 5.02 Å². The molecule has 2 aromatic carbocycles. The number of carboxylic acid groups (broad SMARTS) is 1. The Morgan fingerprint density at radius 2 is 1.81 bits per heavy atom. The number of anilines is 1. The van der Waals surface area contributed by atoms with Crippen molar-refractivity contribution in [2.24, 2.45) is 0 Å². The first kappa shape index (κ1) is 16.0. The molecule has 6 heteroatoms. The molecule has 0 bridgehead atoms. The van der Waals surface area contributed by atoms with E-state index in [1.807, 2.05) is 0 Å². The van der Waals surface area contributed by atoms with Crippen molar-refractivity contribution in [2.75, 3.05) is 5.32 Å². The smallest absolute Gasteiger partial charge is 0.333 e. The Kier molecular flexibility index (Phi) is 4.67. The largest absolute Gasteiger partial charge is 0.479 e. The van der Waals surface area contributed by atoms with Gasteiger partial charge >= 0.3 is 5.97 Å². The second-order valence-corrected chi connectivity index (χ2v) is 5.89. The average molecular weight is 345 g/mol. The van der Waals surface area contributed by atoms with E-state index in [2.05, 4.69) is 5.32 Å². The van der Waals surface area contributed by atoms with Crippen LogP contribution in [0.3, 0.4) is 0 Å². The van der Waals surface area contributed by atoms with Gasteiger partial charge < -0.3 is 10.4 Å². The van der Waals surface area contributed by atoms with Crippen LogP contribution in [-0.2, 0) is 10.3 Å². The molecule has 0 aliphatic heterocycles. The van der Waals surface area contributed by atoms with Gasteiger partial charge in [0.25, 0.3) is 0 Å². The van der Waals surface area contributed by atoms with E-state index in [9.17, 15) is 9.90 Å². The van der Waals surface area contributed by atoms with Crippen LogP contribution in [0.4, 0.5) is 5.69 Å². The van der Waals surface area contributed by atoms with Gasteiger partial charge in [-0.15, -0.1) is 0 Å². The number of carboxylic acids is 1. The summed E-state index contributed by atoms with van der Waals surface area (Å²) in [7, 11) is 0. The first-order valence-corrected chi connectivity index (χ1v) is 7.19. The molecule has 21 heavy (non-hydrogen) atoms. The van der Waals surface area contributed by atoms with Crippen LogP contribution in [0.1, 0.15) is 12.5 Å². The molecule has 0 fully saturated rings. The Balaban J connectivity index is 2.51. The van der Waals surface area contributed by atoms with Gasteiger partial charge in [0, 0.05) is 16.3 Å². The molecule has 110 valence electrons. The molecule has 0 saturated heterocycles. The van der Waals surface area contributed by atoms with Gasteiger partial charge in [0.2, 0.25) is 0 Å². The van der Waals surface area contributed by atoms with E-state index >= 15 is 0 Å². The minimum absolute atomic E-state index is 0.207. The van der Waals surface area contributed by atoms with E-state index in [1.165, 1.54) is 6.92 Å². The van der Waals surface area contributed by atoms with Gasteiger partial charge in [-0.25, -0.2) is 4.79 Å².